The number of H-pyrrole nitrogens is 1. The van der Waals surface area contributed by atoms with Crippen LogP contribution in [0.2, 0.25) is 0 Å². The molecule has 1 aliphatic rings. The second kappa shape index (κ2) is 7.89. The Bertz CT molecular complexity index is 827. The Balaban J connectivity index is 1.54. The smallest absolute Gasteiger partial charge is 0.272 e. The van der Waals surface area contributed by atoms with Crippen LogP contribution < -0.4 is 10.9 Å². The Morgan fingerprint density at radius 1 is 1.20 bits per heavy atom. The topological polar surface area (TPSA) is 104 Å². The number of morpholine rings is 1. The van der Waals surface area contributed by atoms with Crippen molar-refractivity contribution < 1.29 is 14.3 Å². The summed E-state index contributed by atoms with van der Waals surface area (Å²) in [5.74, 6) is -0.226. The number of nitrogens with one attached hydrogen (secondary N) is 2. The number of carbonyl (C=O) groups excluding carboxylic acids is 2. The first-order valence-electron chi connectivity index (χ1n) is 8.23. The van der Waals surface area contributed by atoms with Crippen LogP contribution >= 0.6 is 0 Å². The van der Waals surface area contributed by atoms with Crippen LogP contribution in [-0.2, 0) is 20.7 Å². The molecule has 1 aliphatic heterocycles. The Morgan fingerprint density at radius 3 is 2.68 bits per heavy atom. The fourth-order valence-electron chi connectivity index (χ4n) is 2.80. The molecule has 0 spiro atoms. The van der Waals surface area contributed by atoms with E-state index in [2.05, 4.69) is 15.5 Å². The summed E-state index contributed by atoms with van der Waals surface area (Å²) in [5.41, 5.74) is 0.225. The van der Waals surface area contributed by atoms with Crippen LogP contribution in [0.15, 0.2) is 29.1 Å². The van der Waals surface area contributed by atoms with E-state index in [1.165, 1.54) is 0 Å². The lowest BCUT2D eigenvalue weighted by molar-refractivity contribution is -0.135. The number of hydrogen-bond acceptors (Lipinski definition) is 5. The third kappa shape index (κ3) is 4.21. The summed E-state index contributed by atoms with van der Waals surface area (Å²) >= 11 is 0. The van der Waals surface area contributed by atoms with Gasteiger partial charge in [-0.2, -0.15) is 5.10 Å². The summed E-state index contributed by atoms with van der Waals surface area (Å²) in [5, 5.41) is 10.3. The molecule has 1 aromatic heterocycles. The normalized spacial score (nSPS) is 14.5. The van der Waals surface area contributed by atoms with Crippen LogP contribution in [0.3, 0.4) is 0 Å². The molecule has 132 valence electrons. The van der Waals surface area contributed by atoms with E-state index in [-0.39, 0.29) is 36.8 Å². The summed E-state index contributed by atoms with van der Waals surface area (Å²) in [6.45, 7) is 2.59. The van der Waals surface area contributed by atoms with Gasteiger partial charge in [0, 0.05) is 31.4 Å². The molecule has 2 aromatic rings. The fraction of sp³-hybridized carbons (Fsp3) is 0.412. The number of aromatic amines is 1. The molecular formula is C17H20N4O4. The van der Waals surface area contributed by atoms with Crippen molar-refractivity contribution in [3.8, 4) is 0 Å². The fourth-order valence-corrected chi connectivity index (χ4v) is 2.80. The van der Waals surface area contributed by atoms with Crippen molar-refractivity contribution in [3.05, 3.63) is 40.3 Å². The predicted octanol–water partition coefficient (Wildman–Crippen LogP) is -0.169. The van der Waals surface area contributed by atoms with E-state index in [0.717, 1.165) is 0 Å². The second-order valence-electron chi connectivity index (χ2n) is 5.81. The standard InChI is InChI=1S/C17H20N4O4/c22-15(18-6-5-16(23)21-7-9-25-10-8-21)11-14-12-3-1-2-4-13(12)17(24)20-19-14/h1-4H,5-11H2,(H,18,22)(H,20,24). The van der Waals surface area contributed by atoms with E-state index in [1.54, 1.807) is 29.2 Å². The minimum atomic E-state index is -0.282. The van der Waals surface area contributed by atoms with Crippen molar-refractivity contribution in [1.29, 1.82) is 0 Å². The van der Waals surface area contributed by atoms with Crippen LogP contribution in [0.1, 0.15) is 12.1 Å². The molecule has 0 saturated carbocycles. The molecule has 1 aromatic carbocycles. The molecule has 2 amide bonds. The Hall–Kier alpha value is -2.74. The number of ether oxygens (including phenoxy) is 1. The molecule has 0 unspecified atom stereocenters. The lowest BCUT2D eigenvalue weighted by atomic mass is 10.1. The maximum atomic E-state index is 12.1. The zero-order valence-electron chi connectivity index (χ0n) is 13.8. The number of hydrogen-bond donors (Lipinski definition) is 2. The molecule has 0 bridgehead atoms. The van der Waals surface area contributed by atoms with Gasteiger partial charge in [-0.3, -0.25) is 14.4 Å². The summed E-state index contributed by atoms with van der Waals surface area (Å²) in [4.78, 5) is 37.6. The van der Waals surface area contributed by atoms with Crippen LogP contribution in [0.25, 0.3) is 10.8 Å². The Morgan fingerprint density at radius 2 is 1.92 bits per heavy atom. The van der Waals surface area contributed by atoms with Crippen LogP contribution in [0, 0.1) is 0 Å². The molecule has 1 saturated heterocycles. The highest BCUT2D eigenvalue weighted by atomic mass is 16.5. The zero-order chi connectivity index (χ0) is 17.6. The van der Waals surface area contributed by atoms with Gasteiger partial charge in [0.15, 0.2) is 0 Å². The number of benzene rings is 1. The highest BCUT2D eigenvalue weighted by Crippen LogP contribution is 2.12. The monoisotopic (exact) mass is 344 g/mol. The lowest BCUT2D eigenvalue weighted by Gasteiger charge is -2.26. The quantitative estimate of drug-likeness (QED) is 0.784. The Kier molecular flexibility index (Phi) is 5.39. The third-order valence-corrected chi connectivity index (χ3v) is 4.13. The van der Waals surface area contributed by atoms with Crippen LogP contribution in [0.5, 0.6) is 0 Å². The molecule has 2 N–H and O–H groups in total. The third-order valence-electron chi connectivity index (χ3n) is 4.13. The van der Waals surface area contributed by atoms with E-state index in [4.69, 9.17) is 4.74 Å². The number of nitrogens with zero attached hydrogens (tertiary/aromatic N) is 2. The summed E-state index contributed by atoms with van der Waals surface area (Å²) in [6.07, 6.45) is 0.300. The minimum absolute atomic E-state index is 0.0104. The van der Waals surface area contributed by atoms with Crippen LogP contribution in [-0.4, -0.2) is 59.8 Å². The molecule has 1 fully saturated rings. The van der Waals surface area contributed by atoms with Gasteiger partial charge < -0.3 is 15.0 Å². The predicted molar refractivity (Wildman–Crippen MR) is 91.1 cm³/mol. The molecule has 0 aliphatic carbocycles. The summed E-state index contributed by atoms with van der Waals surface area (Å²) < 4.78 is 5.21. The van der Waals surface area contributed by atoms with Gasteiger partial charge in [-0.1, -0.05) is 18.2 Å². The van der Waals surface area contributed by atoms with Crippen molar-refractivity contribution in [2.24, 2.45) is 0 Å². The SMILES string of the molecule is O=C(Cc1n[nH]c(=O)c2ccccc12)NCCC(=O)N1CCOCC1. The van der Waals surface area contributed by atoms with Crippen molar-refractivity contribution in [1.82, 2.24) is 20.4 Å². The van der Waals surface area contributed by atoms with Crippen molar-refractivity contribution in [2.45, 2.75) is 12.8 Å². The van der Waals surface area contributed by atoms with Crippen molar-refractivity contribution in [2.75, 3.05) is 32.8 Å². The van der Waals surface area contributed by atoms with E-state index in [1.807, 2.05) is 0 Å². The van der Waals surface area contributed by atoms with Gasteiger partial charge in [0.1, 0.15) is 0 Å². The number of amides is 2. The highest BCUT2D eigenvalue weighted by molar-refractivity contribution is 5.88. The maximum absolute atomic E-state index is 12.1. The number of rotatable bonds is 5. The first-order valence-corrected chi connectivity index (χ1v) is 8.23. The lowest BCUT2D eigenvalue weighted by Crippen LogP contribution is -2.42. The molecule has 2 heterocycles. The van der Waals surface area contributed by atoms with E-state index >= 15 is 0 Å². The van der Waals surface area contributed by atoms with Crippen molar-refractivity contribution >= 4 is 22.6 Å². The van der Waals surface area contributed by atoms with E-state index in [9.17, 15) is 14.4 Å². The van der Waals surface area contributed by atoms with Gasteiger partial charge >= 0.3 is 0 Å². The summed E-state index contributed by atoms with van der Waals surface area (Å²) in [6, 6.07) is 7.02. The molecule has 3 rings (SSSR count). The molecule has 8 heteroatoms. The minimum Gasteiger partial charge on any atom is -0.378 e. The van der Waals surface area contributed by atoms with Gasteiger partial charge in [-0.05, 0) is 6.07 Å². The van der Waals surface area contributed by atoms with Crippen LogP contribution in [0.4, 0.5) is 0 Å². The zero-order valence-corrected chi connectivity index (χ0v) is 13.8. The average molecular weight is 344 g/mol. The molecule has 8 nitrogen and oxygen atoms in total. The maximum Gasteiger partial charge on any atom is 0.272 e. The van der Waals surface area contributed by atoms with Gasteiger partial charge in [-0.25, -0.2) is 5.10 Å². The summed E-state index contributed by atoms with van der Waals surface area (Å²) in [7, 11) is 0. The first kappa shape index (κ1) is 17.1. The van der Waals surface area contributed by atoms with Gasteiger partial charge in [0.25, 0.3) is 5.56 Å². The van der Waals surface area contributed by atoms with E-state index in [0.29, 0.717) is 42.8 Å². The Labute approximate surface area is 144 Å². The molecule has 0 radical (unpaired) electrons. The average Bonchev–Trinajstić information content (AvgIpc) is 2.65. The first-order chi connectivity index (χ1) is 12.1. The largest absolute Gasteiger partial charge is 0.378 e. The van der Waals surface area contributed by atoms with Gasteiger partial charge in [-0.15, -0.1) is 0 Å². The number of aromatic nitrogens is 2. The van der Waals surface area contributed by atoms with Crippen molar-refractivity contribution in [3.63, 3.8) is 0 Å². The van der Waals surface area contributed by atoms with Gasteiger partial charge in [0.2, 0.25) is 11.8 Å². The second-order valence-corrected chi connectivity index (χ2v) is 5.81. The molecule has 25 heavy (non-hydrogen) atoms. The molecule has 0 atom stereocenters. The number of fused-ring (bicyclic) bond motifs is 1. The molecular weight excluding hydrogens is 324 g/mol. The number of carbonyl (C=O) groups is 2. The van der Waals surface area contributed by atoms with Gasteiger partial charge in [0.05, 0.1) is 30.7 Å². The van der Waals surface area contributed by atoms with E-state index < -0.39 is 0 Å². The highest BCUT2D eigenvalue weighted by Gasteiger charge is 2.17.